The first-order valence-electron chi connectivity index (χ1n) is 8.66. The molecule has 1 heterocycles. The van der Waals surface area contributed by atoms with Crippen LogP contribution in [0.25, 0.3) is 0 Å². The van der Waals surface area contributed by atoms with Gasteiger partial charge in [0.1, 0.15) is 6.04 Å². The fourth-order valence-electron chi connectivity index (χ4n) is 3.01. The summed E-state index contributed by atoms with van der Waals surface area (Å²) in [6, 6.07) is 8.32. The van der Waals surface area contributed by atoms with Gasteiger partial charge in [0.05, 0.1) is 0 Å². The number of likely N-dealkylation sites (tertiary alicyclic amines) is 1. The maximum absolute atomic E-state index is 12.5. The van der Waals surface area contributed by atoms with Gasteiger partial charge in [0.25, 0.3) is 0 Å². The van der Waals surface area contributed by atoms with Crippen molar-refractivity contribution in [2.24, 2.45) is 5.92 Å². The van der Waals surface area contributed by atoms with Gasteiger partial charge in [0, 0.05) is 18.8 Å². The topological polar surface area (TPSA) is 73.5 Å². The molecule has 2 rings (SSSR count). The largest absolute Gasteiger partial charge is 0.341 e. The van der Waals surface area contributed by atoms with Gasteiger partial charge in [-0.05, 0) is 57.8 Å². The number of nitrogens with one attached hydrogen (secondary N) is 3. The number of carbonyl (C=O) groups excluding carboxylic acids is 2. The summed E-state index contributed by atoms with van der Waals surface area (Å²) < 4.78 is 0. The SMILES string of the molecule is CNCCC1CCN(C(=O)C(C)NC(=O)Nc2ccccc2)CC1.Cl. The van der Waals surface area contributed by atoms with Gasteiger partial charge in [-0.25, -0.2) is 4.79 Å². The van der Waals surface area contributed by atoms with E-state index in [0.717, 1.165) is 38.9 Å². The normalized spacial score (nSPS) is 15.8. The molecule has 0 spiro atoms. The van der Waals surface area contributed by atoms with E-state index in [1.54, 1.807) is 6.92 Å². The summed E-state index contributed by atoms with van der Waals surface area (Å²) in [5.74, 6) is 0.677. The molecule has 140 valence electrons. The smallest absolute Gasteiger partial charge is 0.319 e. The highest BCUT2D eigenvalue weighted by Gasteiger charge is 2.26. The van der Waals surface area contributed by atoms with Gasteiger partial charge < -0.3 is 20.9 Å². The Morgan fingerprint density at radius 3 is 2.44 bits per heavy atom. The lowest BCUT2D eigenvalue weighted by molar-refractivity contribution is -0.134. The Morgan fingerprint density at radius 2 is 1.84 bits per heavy atom. The second kappa shape index (κ2) is 10.9. The van der Waals surface area contributed by atoms with Gasteiger partial charge >= 0.3 is 6.03 Å². The highest BCUT2D eigenvalue weighted by molar-refractivity contribution is 5.93. The number of piperidine rings is 1. The Balaban J connectivity index is 0.00000312. The maximum atomic E-state index is 12.5. The first kappa shape index (κ1) is 21.3. The zero-order valence-electron chi connectivity index (χ0n) is 15.0. The molecule has 7 heteroatoms. The number of amides is 3. The standard InChI is InChI=1S/C18H28N4O2.ClH/c1-14(20-18(24)21-16-6-4-3-5-7-16)17(23)22-12-9-15(10-13-22)8-11-19-2;/h3-7,14-15,19H,8-13H2,1-2H3,(H2,20,21,24);1H. The summed E-state index contributed by atoms with van der Waals surface area (Å²) in [4.78, 5) is 26.3. The summed E-state index contributed by atoms with van der Waals surface area (Å²) in [6.45, 7) is 4.31. The molecular formula is C18H29ClN4O2. The number of benzene rings is 1. The molecule has 1 aliphatic rings. The molecule has 3 N–H and O–H groups in total. The molecular weight excluding hydrogens is 340 g/mol. The molecule has 1 aromatic rings. The van der Waals surface area contributed by atoms with Gasteiger partial charge in [-0.3, -0.25) is 4.79 Å². The Bertz CT molecular complexity index is 533. The van der Waals surface area contributed by atoms with E-state index >= 15 is 0 Å². The number of anilines is 1. The Morgan fingerprint density at radius 1 is 1.20 bits per heavy atom. The van der Waals surface area contributed by atoms with E-state index in [9.17, 15) is 9.59 Å². The highest BCUT2D eigenvalue weighted by Crippen LogP contribution is 2.20. The summed E-state index contributed by atoms with van der Waals surface area (Å²) in [5, 5.41) is 8.63. The lowest BCUT2D eigenvalue weighted by Crippen LogP contribution is -2.50. The van der Waals surface area contributed by atoms with Crippen LogP contribution in [-0.4, -0.2) is 49.6 Å². The van der Waals surface area contributed by atoms with Gasteiger partial charge in [0.15, 0.2) is 0 Å². The number of urea groups is 1. The third kappa shape index (κ3) is 6.92. The van der Waals surface area contributed by atoms with Crippen LogP contribution in [0.4, 0.5) is 10.5 Å². The first-order valence-corrected chi connectivity index (χ1v) is 8.66. The minimum Gasteiger partial charge on any atom is -0.341 e. The number of hydrogen-bond donors (Lipinski definition) is 3. The van der Waals surface area contributed by atoms with Crippen LogP contribution < -0.4 is 16.0 Å². The third-order valence-corrected chi connectivity index (χ3v) is 4.48. The number of rotatable bonds is 6. The van der Waals surface area contributed by atoms with Gasteiger partial charge in [-0.15, -0.1) is 12.4 Å². The molecule has 6 nitrogen and oxygen atoms in total. The van der Waals surface area contributed by atoms with Crippen LogP contribution in [0.15, 0.2) is 30.3 Å². The van der Waals surface area contributed by atoms with Crippen LogP contribution >= 0.6 is 12.4 Å². The minimum absolute atomic E-state index is 0. The number of hydrogen-bond acceptors (Lipinski definition) is 3. The molecule has 1 fully saturated rings. The molecule has 1 aliphatic heterocycles. The summed E-state index contributed by atoms with van der Waals surface area (Å²) >= 11 is 0. The lowest BCUT2D eigenvalue weighted by Gasteiger charge is -2.33. The van der Waals surface area contributed by atoms with Gasteiger partial charge in [0.2, 0.25) is 5.91 Å². The Kier molecular flexibility index (Phi) is 9.31. The fraction of sp³-hybridized carbons (Fsp3) is 0.556. The quantitative estimate of drug-likeness (QED) is 0.722. The van der Waals surface area contributed by atoms with Crippen molar-refractivity contribution in [3.63, 3.8) is 0 Å². The molecule has 0 radical (unpaired) electrons. The number of nitrogens with zero attached hydrogens (tertiary/aromatic N) is 1. The average Bonchev–Trinajstić information content (AvgIpc) is 2.60. The van der Waals surface area contributed by atoms with E-state index in [2.05, 4.69) is 16.0 Å². The second-order valence-electron chi connectivity index (χ2n) is 6.35. The molecule has 1 unspecified atom stereocenters. The Labute approximate surface area is 156 Å². The van der Waals surface area contributed by atoms with Crippen molar-refractivity contribution in [2.45, 2.75) is 32.2 Å². The number of para-hydroxylation sites is 1. The van der Waals surface area contributed by atoms with E-state index in [-0.39, 0.29) is 24.3 Å². The maximum Gasteiger partial charge on any atom is 0.319 e. The van der Waals surface area contributed by atoms with Crippen molar-refractivity contribution >= 4 is 30.0 Å². The molecule has 3 amide bonds. The zero-order valence-corrected chi connectivity index (χ0v) is 15.8. The summed E-state index contributed by atoms with van der Waals surface area (Å²) in [6.07, 6.45) is 3.23. The highest BCUT2D eigenvalue weighted by atomic mass is 35.5. The molecule has 1 aromatic carbocycles. The van der Waals surface area contributed by atoms with Crippen molar-refractivity contribution in [1.82, 2.24) is 15.5 Å². The van der Waals surface area contributed by atoms with E-state index in [0.29, 0.717) is 11.6 Å². The molecule has 0 aliphatic carbocycles. The second-order valence-corrected chi connectivity index (χ2v) is 6.35. The van der Waals surface area contributed by atoms with Gasteiger partial charge in [-0.1, -0.05) is 18.2 Å². The van der Waals surface area contributed by atoms with E-state index in [4.69, 9.17) is 0 Å². The molecule has 1 atom stereocenters. The van der Waals surface area contributed by atoms with Crippen molar-refractivity contribution in [2.75, 3.05) is 32.0 Å². The van der Waals surface area contributed by atoms with Crippen LogP contribution in [0.2, 0.25) is 0 Å². The van der Waals surface area contributed by atoms with Crippen LogP contribution in [0.5, 0.6) is 0 Å². The van der Waals surface area contributed by atoms with Crippen molar-refractivity contribution in [3.8, 4) is 0 Å². The fourth-order valence-corrected chi connectivity index (χ4v) is 3.01. The predicted molar refractivity (Wildman–Crippen MR) is 103 cm³/mol. The molecule has 0 bridgehead atoms. The van der Waals surface area contributed by atoms with E-state index in [1.165, 1.54) is 0 Å². The van der Waals surface area contributed by atoms with Crippen molar-refractivity contribution in [3.05, 3.63) is 30.3 Å². The minimum atomic E-state index is -0.525. The van der Waals surface area contributed by atoms with E-state index < -0.39 is 6.04 Å². The molecule has 0 saturated carbocycles. The first-order chi connectivity index (χ1) is 11.6. The van der Waals surface area contributed by atoms with Crippen molar-refractivity contribution in [1.29, 1.82) is 0 Å². The van der Waals surface area contributed by atoms with Crippen LogP contribution in [-0.2, 0) is 4.79 Å². The molecule has 25 heavy (non-hydrogen) atoms. The van der Waals surface area contributed by atoms with Crippen molar-refractivity contribution < 1.29 is 9.59 Å². The zero-order chi connectivity index (χ0) is 17.4. The van der Waals surface area contributed by atoms with Gasteiger partial charge in [-0.2, -0.15) is 0 Å². The number of carbonyl (C=O) groups is 2. The Hall–Kier alpha value is -1.79. The van der Waals surface area contributed by atoms with Crippen LogP contribution in [0, 0.1) is 5.92 Å². The third-order valence-electron chi connectivity index (χ3n) is 4.48. The van der Waals surface area contributed by atoms with Crippen LogP contribution in [0.3, 0.4) is 0 Å². The van der Waals surface area contributed by atoms with E-state index in [1.807, 2.05) is 42.3 Å². The monoisotopic (exact) mass is 368 g/mol. The summed E-state index contributed by atoms with van der Waals surface area (Å²) in [7, 11) is 1.96. The molecule has 0 aromatic heterocycles. The average molecular weight is 369 g/mol. The molecule has 1 saturated heterocycles. The predicted octanol–water partition coefficient (Wildman–Crippen LogP) is 2.47. The summed E-state index contributed by atoms with van der Waals surface area (Å²) in [5.41, 5.74) is 0.708. The number of halogens is 1. The lowest BCUT2D eigenvalue weighted by atomic mass is 9.93. The van der Waals surface area contributed by atoms with Crippen LogP contribution in [0.1, 0.15) is 26.2 Å².